The average molecular weight is 284 g/mol. The molecule has 0 aliphatic heterocycles. The topological polar surface area (TPSA) is 52.9 Å². The van der Waals surface area contributed by atoms with Crippen LogP contribution in [0.4, 0.5) is 0 Å². The van der Waals surface area contributed by atoms with Gasteiger partial charge in [0.2, 0.25) is 0 Å². The molecule has 4 nitrogen and oxygen atoms in total. The normalized spacial score (nSPS) is 13.3. The van der Waals surface area contributed by atoms with Gasteiger partial charge in [-0.15, -0.1) is 0 Å². The van der Waals surface area contributed by atoms with Crippen molar-refractivity contribution in [1.29, 1.82) is 0 Å². The summed E-state index contributed by atoms with van der Waals surface area (Å²) in [5.74, 6) is 0. The number of imidazole rings is 1. The number of aromatic nitrogens is 2. The van der Waals surface area contributed by atoms with E-state index in [0.717, 1.165) is 21.1 Å². The van der Waals surface area contributed by atoms with Crippen molar-refractivity contribution in [3.8, 4) is 0 Å². The van der Waals surface area contributed by atoms with Gasteiger partial charge in [0, 0.05) is 24.6 Å². The maximum atomic E-state index is 11.8. The molecule has 0 saturated carbocycles. The van der Waals surface area contributed by atoms with E-state index in [1.165, 1.54) is 0 Å². The lowest BCUT2D eigenvalue weighted by atomic mass is 10.1. The summed E-state index contributed by atoms with van der Waals surface area (Å²) >= 11 is 3.48. The molecule has 0 radical (unpaired) electrons. The van der Waals surface area contributed by atoms with Crippen LogP contribution >= 0.6 is 15.9 Å². The fourth-order valence-electron chi connectivity index (χ4n) is 1.88. The van der Waals surface area contributed by atoms with Gasteiger partial charge in [0.1, 0.15) is 0 Å². The number of nitrogens with two attached hydrogens (primary N) is 1. The molecule has 1 unspecified atom stereocenters. The fraction of sp³-hybridized carbons (Fsp3) is 0.364. The van der Waals surface area contributed by atoms with Crippen LogP contribution in [0.5, 0.6) is 0 Å². The SMILES string of the molecule is CC(N)c1cc2c(cc1Br)n(C)c(=O)n2C. The summed E-state index contributed by atoms with van der Waals surface area (Å²) in [6, 6.07) is 3.84. The highest BCUT2D eigenvalue weighted by Crippen LogP contribution is 2.27. The Morgan fingerprint density at radius 3 is 2.25 bits per heavy atom. The number of halogens is 1. The van der Waals surface area contributed by atoms with Crippen LogP contribution in [-0.4, -0.2) is 9.13 Å². The minimum atomic E-state index is -0.0610. The minimum absolute atomic E-state index is 0.0243. The Balaban J connectivity index is 2.90. The third-order valence-corrected chi connectivity index (χ3v) is 3.57. The summed E-state index contributed by atoms with van der Waals surface area (Å²) in [5, 5.41) is 0. The van der Waals surface area contributed by atoms with Crippen LogP contribution < -0.4 is 11.4 Å². The zero-order valence-electron chi connectivity index (χ0n) is 9.49. The molecule has 16 heavy (non-hydrogen) atoms. The molecule has 86 valence electrons. The smallest absolute Gasteiger partial charge is 0.324 e. The van der Waals surface area contributed by atoms with Gasteiger partial charge in [-0.05, 0) is 24.6 Å². The average Bonchev–Trinajstić information content (AvgIpc) is 2.43. The molecule has 0 aliphatic carbocycles. The molecular formula is C11H14BrN3O. The van der Waals surface area contributed by atoms with Gasteiger partial charge in [-0.1, -0.05) is 15.9 Å². The highest BCUT2D eigenvalue weighted by atomic mass is 79.9. The van der Waals surface area contributed by atoms with Crippen molar-refractivity contribution in [2.45, 2.75) is 13.0 Å². The highest BCUT2D eigenvalue weighted by Gasteiger charge is 2.12. The first-order valence-corrected chi connectivity index (χ1v) is 5.83. The number of fused-ring (bicyclic) bond motifs is 1. The predicted molar refractivity (Wildman–Crippen MR) is 68.5 cm³/mol. The van der Waals surface area contributed by atoms with Crippen LogP contribution in [0.3, 0.4) is 0 Å². The Bertz CT molecular complexity index is 610. The van der Waals surface area contributed by atoms with Gasteiger partial charge in [-0.2, -0.15) is 0 Å². The first-order valence-electron chi connectivity index (χ1n) is 5.04. The third-order valence-electron chi connectivity index (χ3n) is 2.88. The highest BCUT2D eigenvalue weighted by molar-refractivity contribution is 9.10. The number of hydrogen-bond donors (Lipinski definition) is 1. The van der Waals surface area contributed by atoms with Crippen molar-refractivity contribution in [3.05, 3.63) is 32.7 Å². The van der Waals surface area contributed by atoms with Crippen molar-refractivity contribution in [2.24, 2.45) is 19.8 Å². The monoisotopic (exact) mass is 283 g/mol. The van der Waals surface area contributed by atoms with Crippen LogP contribution in [0.25, 0.3) is 11.0 Å². The van der Waals surface area contributed by atoms with Gasteiger partial charge >= 0.3 is 5.69 Å². The first-order chi connectivity index (χ1) is 7.43. The van der Waals surface area contributed by atoms with Gasteiger partial charge in [0.05, 0.1) is 11.0 Å². The number of rotatable bonds is 1. The molecule has 0 saturated heterocycles. The second-order valence-electron chi connectivity index (χ2n) is 4.05. The van der Waals surface area contributed by atoms with Gasteiger partial charge in [-0.25, -0.2) is 4.79 Å². The van der Waals surface area contributed by atoms with E-state index in [2.05, 4.69) is 15.9 Å². The van der Waals surface area contributed by atoms with Gasteiger partial charge in [0.25, 0.3) is 0 Å². The van der Waals surface area contributed by atoms with Gasteiger partial charge in [-0.3, -0.25) is 9.13 Å². The Labute approximate surface area is 102 Å². The molecule has 0 spiro atoms. The van der Waals surface area contributed by atoms with Crippen LogP contribution in [-0.2, 0) is 14.1 Å². The largest absolute Gasteiger partial charge is 0.328 e. The fourth-order valence-corrected chi connectivity index (χ4v) is 2.58. The van der Waals surface area contributed by atoms with Crippen molar-refractivity contribution in [3.63, 3.8) is 0 Å². The van der Waals surface area contributed by atoms with Crippen molar-refractivity contribution in [1.82, 2.24) is 9.13 Å². The second-order valence-corrected chi connectivity index (χ2v) is 4.91. The Morgan fingerprint density at radius 2 is 1.75 bits per heavy atom. The summed E-state index contributed by atoms with van der Waals surface area (Å²) in [6.07, 6.45) is 0. The van der Waals surface area contributed by atoms with E-state index in [0.29, 0.717) is 0 Å². The maximum Gasteiger partial charge on any atom is 0.328 e. The standard InChI is InChI=1S/C11H14BrN3O/c1-6(13)7-4-9-10(5-8(7)12)15(3)11(16)14(9)2/h4-6H,13H2,1-3H3. The third kappa shape index (κ3) is 1.51. The summed E-state index contributed by atoms with van der Waals surface area (Å²) in [5.41, 5.74) is 8.67. The van der Waals surface area contributed by atoms with E-state index >= 15 is 0 Å². The number of hydrogen-bond acceptors (Lipinski definition) is 2. The van der Waals surface area contributed by atoms with Crippen LogP contribution in [0, 0.1) is 0 Å². The van der Waals surface area contributed by atoms with Crippen LogP contribution in [0.2, 0.25) is 0 Å². The molecule has 1 heterocycles. The summed E-state index contributed by atoms with van der Waals surface area (Å²) in [7, 11) is 3.53. The van der Waals surface area contributed by atoms with Gasteiger partial charge in [0.15, 0.2) is 0 Å². The van der Waals surface area contributed by atoms with Crippen molar-refractivity contribution in [2.75, 3.05) is 0 Å². The van der Waals surface area contributed by atoms with E-state index in [-0.39, 0.29) is 11.7 Å². The Kier molecular flexibility index (Phi) is 2.67. The minimum Gasteiger partial charge on any atom is -0.324 e. The van der Waals surface area contributed by atoms with Crippen molar-refractivity contribution >= 4 is 27.0 Å². The summed E-state index contributed by atoms with van der Waals surface area (Å²) in [6.45, 7) is 1.92. The molecule has 5 heteroatoms. The first kappa shape index (κ1) is 11.4. The zero-order valence-corrected chi connectivity index (χ0v) is 11.1. The Hall–Kier alpha value is -1.07. The molecule has 1 atom stereocenters. The predicted octanol–water partition coefficient (Wildman–Crippen LogP) is 1.66. The summed E-state index contributed by atoms with van der Waals surface area (Å²) in [4.78, 5) is 11.8. The molecule has 0 aliphatic rings. The van der Waals surface area contributed by atoms with Crippen LogP contribution in [0.1, 0.15) is 18.5 Å². The van der Waals surface area contributed by atoms with Crippen LogP contribution in [0.15, 0.2) is 21.4 Å². The van der Waals surface area contributed by atoms with Gasteiger partial charge < -0.3 is 5.73 Å². The Morgan fingerprint density at radius 1 is 1.25 bits per heavy atom. The van der Waals surface area contributed by atoms with E-state index in [1.54, 1.807) is 23.2 Å². The maximum absolute atomic E-state index is 11.8. The van der Waals surface area contributed by atoms with E-state index in [9.17, 15) is 4.79 Å². The molecule has 0 amide bonds. The summed E-state index contributed by atoms with van der Waals surface area (Å²) < 4.78 is 4.20. The molecule has 1 aromatic heterocycles. The van der Waals surface area contributed by atoms with E-state index in [1.807, 2.05) is 19.1 Å². The second kappa shape index (κ2) is 3.75. The van der Waals surface area contributed by atoms with E-state index < -0.39 is 0 Å². The number of benzene rings is 1. The molecule has 1 aromatic carbocycles. The zero-order chi connectivity index (χ0) is 12.0. The lowest BCUT2D eigenvalue weighted by Gasteiger charge is -2.09. The molecule has 0 bridgehead atoms. The molecule has 2 N–H and O–H groups in total. The lowest BCUT2D eigenvalue weighted by Crippen LogP contribution is -2.19. The van der Waals surface area contributed by atoms with Crippen molar-refractivity contribution < 1.29 is 0 Å². The molecular weight excluding hydrogens is 270 g/mol. The lowest BCUT2D eigenvalue weighted by molar-refractivity contribution is 0.794. The number of aryl methyl sites for hydroxylation is 2. The quantitative estimate of drug-likeness (QED) is 0.866. The molecule has 0 fully saturated rings. The molecule has 2 aromatic rings. The van der Waals surface area contributed by atoms with E-state index in [4.69, 9.17) is 5.73 Å². The number of nitrogens with zero attached hydrogens (tertiary/aromatic N) is 2. The molecule has 2 rings (SSSR count).